The smallest absolute Gasteiger partial charge is 0.339 e. The zero-order valence-corrected chi connectivity index (χ0v) is 18.5. The molecule has 0 amide bonds. The van der Waals surface area contributed by atoms with Crippen LogP contribution >= 0.6 is 11.6 Å². The molecular formula is C25H23ClN2O5. The van der Waals surface area contributed by atoms with E-state index in [4.69, 9.17) is 21.1 Å². The van der Waals surface area contributed by atoms with Gasteiger partial charge in [0.25, 0.3) is 5.69 Å². The molecule has 1 aliphatic heterocycles. The van der Waals surface area contributed by atoms with Gasteiger partial charge in [0.15, 0.2) is 5.60 Å². The molecule has 2 unspecified atom stereocenters. The summed E-state index contributed by atoms with van der Waals surface area (Å²) in [6, 6.07) is 22.3. The first-order valence-electron chi connectivity index (χ1n) is 10.6. The standard InChI is InChI=1S/C25H23ClN2O5/c26-21-11-9-20(10-12-21)25(33-24(29)19-6-2-1-3-7-19)13-14-27-16-23(25)32-17-18-5-4-8-22(15-18)28(30)31/h1-12,15,23,27H,13-14,16-17H2. The average molecular weight is 467 g/mol. The maximum Gasteiger partial charge on any atom is 0.339 e. The topological polar surface area (TPSA) is 90.7 Å². The molecule has 3 aromatic rings. The Bertz CT molecular complexity index is 1120. The molecule has 33 heavy (non-hydrogen) atoms. The summed E-state index contributed by atoms with van der Waals surface area (Å²) in [4.78, 5) is 23.8. The predicted molar refractivity (Wildman–Crippen MR) is 124 cm³/mol. The first kappa shape index (κ1) is 22.9. The molecule has 1 heterocycles. The number of nitrogens with zero attached hydrogens (tertiary/aromatic N) is 1. The molecule has 170 valence electrons. The first-order chi connectivity index (χ1) is 16.0. The second-order valence-corrected chi connectivity index (χ2v) is 8.27. The molecule has 3 aromatic carbocycles. The highest BCUT2D eigenvalue weighted by Crippen LogP contribution is 2.38. The van der Waals surface area contributed by atoms with Crippen LogP contribution in [-0.2, 0) is 21.7 Å². The molecule has 8 heteroatoms. The van der Waals surface area contributed by atoms with Crippen LogP contribution in [0.15, 0.2) is 78.9 Å². The van der Waals surface area contributed by atoms with Crippen LogP contribution < -0.4 is 5.32 Å². The summed E-state index contributed by atoms with van der Waals surface area (Å²) in [6.45, 7) is 1.20. The minimum atomic E-state index is -1.05. The largest absolute Gasteiger partial charge is 0.448 e. The van der Waals surface area contributed by atoms with E-state index in [0.29, 0.717) is 35.7 Å². The van der Waals surface area contributed by atoms with Crippen molar-refractivity contribution in [1.29, 1.82) is 0 Å². The Morgan fingerprint density at radius 1 is 1.09 bits per heavy atom. The number of rotatable bonds is 7. The Hall–Kier alpha value is -3.26. The lowest BCUT2D eigenvalue weighted by Crippen LogP contribution is -2.55. The maximum atomic E-state index is 13.1. The van der Waals surface area contributed by atoms with Gasteiger partial charge in [0.1, 0.15) is 6.10 Å². The molecule has 0 bridgehead atoms. The highest BCUT2D eigenvalue weighted by atomic mass is 35.5. The summed E-state index contributed by atoms with van der Waals surface area (Å²) in [5.41, 5.74) is 0.832. The number of carbonyl (C=O) groups is 1. The summed E-state index contributed by atoms with van der Waals surface area (Å²) < 4.78 is 12.4. The van der Waals surface area contributed by atoms with Crippen molar-refractivity contribution in [3.05, 3.63) is 111 Å². The van der Waals surface area contributed by atoms with E-state index in [-0.39, 0.29) is 12.3 Å². The van der Waals surface area contributed by atoms with Gasteiger partial charge >= 0.3 is 5.97 Å². The van der Waals surface area contributed by atoms with Crippen LogP contribution in [-0.4, -0.2) is 30.1 Å². The van der Waals surface area contributed by atoms with Gasteiger partial charge in [-0.25, -0.2) is 4.79 Å². The van der Waals surface area contributed by atoms with Crippen LogP contribution in [0.1, 0.15) is 27.9 Å². The number of ether oxygens (including phenoxy) is 2. The Morgan fingerprint density at radius 3 is 2.58 bits per heavy atom. The van der Waals surface area contributed by atoms with E-state index in [1.807, 2.05) is 18.2 Å². The van der Waals surface area contributed by atoms with Crippen LogP contribution in [0.4, 0.5) is 5.69 Å². The number of hydrogen-bond acceptors (Lipinski definition) is 6. The quantitative estimate of drug-likeness (QED) is 0.303. The maximum absolute atomic E-state index is 13.1. The fraction of sp³-hybridized carbons (Fsp3) is 0.240. The molecule has 0 aromatic heterocycles. The number of non-ortho nitro benzene ring substituents is 1. The number of benzene rings is 3. The van der Waals surface area contributed by atoms with E-state index in [9.17, 15) is 14.9 Å². The van der Waals surface area contributed by atoms with Crippen molar-refractivity contribution >= 4 is 23.3 Å². The van der Waals surface area contributed by atoms with Crippen LogP contribution in [0.2, 0.25) is 5.02 Å². The van der Waals surface area contributed by atoms with Crippen LogP contribution in [0.5, 0.6) is 0 Å². The van der Waals surface area contributed by atoms with Gasteiger partial charge in [-0.2, -0.15) is 0 Å². The highest BCUT2D eigenvalue weighted by Gasteiger charge is 2.47. The Morgan fingerprint density at radius 2 is 1.85 bits per heavy atom. The molecule has 1 fully saturated rings. The molecule has 7 nitrogen and oxygen atoms in total. The van der Waals surface area contributed by atoms with E-state index in [1.165, 1.54) is 12.1 Å². The third-order valence-corrected chi connectivity index (χ3v) is 5.96. The molecule has 0 spiro atoms. The van der Waals surface area contributed by atoms with Gasteiger partial charge in [0, 0.05) is 30.1 Å². The second-order valence-electron chi connectivity index (χ2n) is 7.83. The summed E-state index contributed by atoms with van der Waals surface area (Å²) >= 11 is 6.11. The number of nitro benzene ring substituents is 1. The first-order valence-corrected chi connectivity index (χ1v) is 11.0. The summed E-state index contributed by atoms with van der Waals surface area (Å²) in [5, 5.41) is 15.0. The third-order valence-electron chi connectivity index (χ3n) is 5.71. The fourth-order valence-electron chi connectivity index (χ4n) is 4.02. The molecule has 2 atom stereocenters. The lowest BCUT2D eigenvalue weighted by atomic mass is 9.82. The van der Waals surface area contributed by atoms with E-state index in [1.54, 1.807) is 48.5 Å². The molecule has 0 saturated carbocycles. The Kier molecular flexibility index (Phi) is 7.03. The number of carbonyl (C=O) groups excluding carboxylic acids is 1. The highest BCUT2D eigenvalue weighted by molar-refractivity contribution is 6.30. The van der Waals surface area contributed by atoms with Gasteiger partial charge in [-0.3, -0.25) is 10.1 Å². The number of nitrogens with one attached hydrogen (secondary N) is 1. The van der Waals surface area contributed by atoms with Gasteiger partial charge < -0.3 is 14.8 Å². The van der Waals surface area contributed by atoms with Crippen molar-refractivity contribution in [2.45, 2.75) is 24.7 Å². The predicted octanol–water partition coefficient (Wildman–Crippen LogP) is 4.88. The third kappa shape index (κ3) is 5.22. The van der Waals surface area contributed by atoms with Gasteiger partial charge in [0.2, 0.25) is 0 Å². The SMILES string of the molecule is O=C(OC1(c2ccc(Cl)cc2)CCNCC1OCc1cccc([N+](=O)[O-])c1)c1ccccc1. The van der Waals surface area contributed by atoms with Crippen molar-refractivity contribution in [2.75, 3.05) is 13.1 Å². The van der Waals surface area contributed by atoms with Crippen LogP contribution in [0.25, 0.3) is 0 Å². The van der Waals surface area contributed by atoms with E-state index in [0.717, 1.165) is 5.56 Å². The zero-order chi connectivity index (χ0) is 23.3. The van der Waals surface area contributed by atoms with Crippen molar-refractivity contribution in [3.8, 4) is 0 Å². The molecular weight excluding hydrogens is 444 g/mol. The zero-order valence-electron chi connectivity index (χ0n) is 17.8. The monoisotopic (exact) mass is 466 g/mol. The molecule has 1 aliphatic rings. The van der Waals surface area contributed by atoms with Crippen LogP contribution in [0, 0.1) is 10.1 Å². The average Bonchev–Trinajstić information content (AvgIpc) is 2.84. The number of piperidine rings is 1. The molecule has 0 aliphatic carbocycles. The normalized spacial score (nSPS) is 20.2. The minimum Gasteiger partial charge on any atom is -0.448 e. The van der Waals surface area contributed by atoms with E-state index >= 15 is 0 Å². The number of nitro groups is 1. The van der Waals surface area contributed by atoms with Gasteiger partial charge in [0.05, 0.1) is 17.1 Å². The van der Waals surface area contributed by atoms with Crippen molar-refractivity contribution < 1.29 is 19.2 Å². The van der Waals surface area contributed by atoms with Crippen molar-refractivity contribution in [3.63, 3.8) is 0 Å². The van der Waals surface area contributed by atoms with Gasteiger partial charge in [-0.1, -0.05) is 54.1 Å². The molecule has 1 N–H and O–H groups in total. The number of esters is 1. The van der Waals surface area contributed by atoms with Crippen LogP contribution in [0.3, 0.4) is 0 Å². The lowest BCUT2D eigenvalue weighted by Gasteiger charge is -2.43. The molecule has 0 radical (unpaired) electrons. The van der Waals surface area contributed by atoms with E-state index in [2.05, 4.69) is 5.32 Å². The molecule has 4 rings (SSSR count). The fourth-order valence-corrected chi connectivity index (χ4v) is 4.15. The second kappa shape index (κ2) is 10.1. The summed E-state index contributed by atoms with van der Waals surface area (Å²) in [6.07, 6.45) is -0.0355. The van der Waals surface area contributed by atoms with Crippen molar-refractivity contribution in [2.24, 2.45) is 0 Å². The van der Waals surface area contributed by atoms with Crippen molar-refractivity contribution in [1.82, 2.24) is 5.32 Å². The summed E-state index contributed by atoms with van der Waals surface area (Å²) in [5.74, 6) is -0.448. The Labute approximate surface area is 196 Å². The van der Waals surface area contributed by atoms with Gasteiger partial charge in [-0.15, -0.1) is 0 Å². The van der Waals surface area contributed by atoms with E-state index < -0.39 is 22.6 Å². The minimum absolute atomic E-state index is 0.00246. The summed E-state index contributed by atoms with van der Waals surface area (Å²) in [7, 11) is 0. The Balaban J connectivity index is 1.65. The number of halogens is 1. The lowest BCUT2D eigenvalue weighted by molar-refractivity contribution is -0.385. The molecule has 1 saturated heterocycles. The number of hydrogen-bond donors (Lipinski definition) is 1. The van der Waals surface area contributed by atoms with Gasteiger partial charge in [-0.05, 0) is 41.9 Å².